The predicted molar refractivity (Wildman–Crippen MR) is 185 cm³/mol. The van der Waals surface area contributed by atoms with Gasteiger partial charge in [-0.3, -0.25) is 19.2 Å². The number of carbonyl (C=O) groups is 4. The van der Waals surface area contributed by atoms with Crippen molar-refractivity contribution in [1.29, 1.82) is 0 Å². The molecule has 0 aliphatic heterocycles. The van der Waals surface area contributed by atoms with Crippen molar-refractivity contribution in [3.63, 3.8) is 0 Å². The van der Waals surface area contributed by atoms with Gasteiger partial charge in [-0.25, -0.2) is 4.39 Å². The first kappa shape index (κ1) is 35.8. The number of carboxylic acids is 1. The van der Waals surface area contributed by atoms with Crippen molar-refractivity contribution < 1.29 is 33.4 Å². The molecule has 0 aromatic heterocycles. The second-order valence-electron chi connectivity index (χ2n) is 18.3. The highest BCUT2D eigenvalue weighted by molar-refractivity contribution is 6.03. The smallest absolute Gasteiger partial charge is 0.309 e. The van der Waals surface area contributed by atoms with Crippen LogP contribution in [0.4, 0.5) is 4.39 Å². The summed E-state index contributed by atoms with van der Waals surface area (Å²) in [5.41, 5.74) is 0.463. The van der Waals surface area contributed by atoms with Gasteiger partial charge in [0.15, 0.2) is 5.78 Å². The van der Waals surface area contributed by atoms with E-state index >= 15 is 0 Å². The van der Waals surface area contributed by atoms with Gasteiger partial charge in [0.1, 0.15) is 11.9 Å². The lowest BCUT2D eigenvalue weighted by Gasteiger charge is -2.68. The minimum Gasteiger partial charge on any atom is -0.481 e. The predicted octanol–water partition coefficient (Wildman–Crippen LogP) is 8.31. The maximum absolute atomic E-state index is 13.8. The van der Waals surface area contributed by atoms with E-state index in [0.29, 0.717) is 29.7 Å². The molecule has 8 heteroatoms. The van der Waals surface area contributed by atoms with E-state index in [2.05, 4.69) is 46.9 Å². The Kier molecular flexibility index (Phi) is 8.79. The number of esters is 1. The normalized spacial score (nSPS) is 36.7. The summed E-state index contributed by atoms with van der Waals surface area (Å²) in [6.45, 7) is 16.8. The maximum Gasteiger partial charge on any atom is 0.309 e. The molecule has 1 amide bonds. The number of ketones is 1. The van der Waals surface area contributed by atoms with E-state index in [1.807, 2.05) is 0 Å². The van der Waals surface area contributed by atoms with Crippen LogP contribution in [0.3, 0.4) is 0 Å². The largest absolute Gasteiger partial charge is 0.481 e. The summed E-state index contributed by atoms with van der Waals surface area (Å²) < 4.78 is 19.8. The van der Waals surface area contributed by atoms with Gasteiger partial charge in [0.05, 0.1) is 17.4 Å². The molecule has 7 nitrogen and oxygen atoms in total. The van der Waals surface area contributed by atoms with E-state index < -0.39 is 22.9 Å². The second-order valence-corrected chi connectivity index (χ2v) is 18.3. The Bertz CT molecular complexity index is 1580. The number of amides is 1. The van der Waals surface area contributed by atoms with Gasteiger partial charge in [-0.15, -0.1) is 0 Å². The van der Waals surface area contributed by atoms with Crippen molar-refractivity contribution in [2.45, 2.75) is 131 Å². The SMILES string of the molecule is CC(C)C1=C2C3CCC4C(C)(CCC5C(C)(C)C(OC(=O)CC(C)(C)C(=O)O)CCC54C)C3CCC2(NC(=O)c2ccc(F)cc2)CC1=O. The van der Waals surface area contributed by atoms with E-state index in [0.717, 1.165) is 56.9 Å². The Morgan fingerprint density at radius 3 is 2.22 bits per heavy atom. The van der Waals surface area contributed by atoms with Crippen molar-refractivity contribution in [3.05, 3.63) is 46.8 Å². The molecule has 0 saturated heterocycles. The van der Waals surface area contributed by atoms with Gasteiger partial charge in [0, 0.05) is 17.4 Å². The summed E-state index contributed by atoms with van der Waals surface area (Å²) in [4.78, 5) is 52.1. The summed E-state index contributed by atoms with van der Waals surface area (Å²) in [5, 5.41) is 12.9. The average molecular weight is 678 g/mol. The molecule has 2 N–H and O–H groups in total. The highest BCUT2D eigenvalue weighted by atomic mass is 19.1. The van der Waals surface area contributed by atoms with E-state index in [1.165, 1.54) is 29.8 Å². The lowest BCUT2D eigenvalue weighted by molar-refractivity contribution is -0.213. The van der Waals surface area contributed by atoms with E-state index in [9.17, 15) is 28.7 Å². The number of hydrogen-bond donors (Lipinski definition) is 2. The summed E-state index contributed by atoms with van der Waals surface area (Å²) in [6, 6.07) is 5.63. The van der Waals surface area contributed by atoms with Crippen LogP contribution < -0.4 is 5.32 Å². The molecule has 49 heavy (non-hydrogen) atoms. The van der Waals surface area contributed by atoms with Crippen LogP contribution in [0.1, 0.15) is 130 Å². The number of benzene rings is 1. The highest BCUT2D eigenvalue weighted by Crippen LogP contribution is 2.72. The van der Waals surface area contributed by atoms with E-state index in [4.69, 9.17) is 4.74 Å². The summed E-state index contributed by atoms with van der Waals surface area (Å²) >= 11 is 0. The van der Waals surface area contributed by atoms with Crippen LogP contribution in [0.15, 0.2) is 35.4 Å². The van der Waals surface area contributed by atoms with Crippen LogP contribution in [0.2, 0.25) is 0 Å². The van der Waals surface area contributed by atoms with Gasteiger partial charge < -0.3 is 15.2 Å². The standard InChI is InChI=1S/C41H56FNO6/c1-23(2)33-28(44)21-41(43-35(46)24-9-11-25(42)12-10-24)20-15-27-26(34(33)41)13-14-30-39(27,7)18-16-29-38(5,6)31(17-19-40(29,30)8)49-32(45)22-37(3,4)36(47)48/h9-12,23,26-27,29-31H,13-22H2,1-8H3,(H,43,46)(H,47,48). The van der Waals surface area contributed by atoms with Crippen molar-refractivity contribution in [2.24, 2.45) is 51.2 Å². The number of aliphatic carboxylic acids is 1. The third-order valence-electron chi connectivity index (χ3n) is 14.4. The first-order chi connectivity index (χ1) is 22.8. The number of carbonyl (C=O) groups excluding carboxylic acids is 3. The highest BCUT2D eigenvalue weighted by Gasteiger charge is 2.67. The molecule has 0 bridgehead atoms. The number of allylic oxidation sites excluding steroid dienone is 1. The molecule has 0 radical (unpaired) electrons. The van der Waals surface area contributed by atoms with E-state index in [1.54, 1.807) is 13.8 Å². The number of Topliss-reactive ketones (excluding diaryl/α,β-unsaturated/α-hetero) is 1. The monoisotopic (exact) mass is 677 g/mol. The zero-order valence-electron chi connectivity index (χ0n) is 30.7. The first-order valence-electron chi connectivity index (χ1n) is 18.6. The number of hydrogen-bond acceptors (Lipinski definition) is 5. The van der Waals surface area contributed by atoms with E-state index in [-0.39, 0.29) is 58.1 Å². The average Bonchev–Trinajstić information content (AvgIpc) is 3.30. The third kappa shape index (κ3) is 5.67. The van der Waals surface area contributed by atoms with Crippen molar-refractivity contribution in [1.82, 2.24) is 5.32 Å². The molecule has 1 aromatic carbocycles. The van der Waals surface area contributed by atoms with Gasteiger partial charge in [0.25, 0.3) is 5.91 Å². The zero-order valence-corrected chi connectivity index (χ0v) is 30.7. The number of ether oxygens (including phenoxy) is 1. The quantitative estimate of drug-likeness (QED) is 0.281. The van der Waals surface area contributed by atoms with Gasteiger partial charge in [-0.2, -0.15) is 0 Å². The van der Waals surface area contributed by atoms with Gasteiger partial charge >= 0.3 is 11.9 Å². The molecule has 4 saturated carbocycles. The molecule has 0 heterocycles. The molecule has 5 aliphatic rings. The van der Waals surface area contributed by atoms with Crippen LogP contribution >= 0.6 is 0 Å². The zero-order chi connectivity index (χ0) is 35.9. The molecule has 0 spiro atoms. The third-order valence-corrected chi connectivity index (χ3v) is 14.4. The fourth-order valence-electron chi connectivity index (χ4n) is 12.1. The van der Waals surface area contributed by atoms with Gasteiger partial charge in [-0.05, 0) is 141 Å². The second kappa shape index (κ2) is 12.0. The molecular weight excluding hydrogens is 621 g/mol. The Balaban J connectivity index is 1.27. The fraction of sp³-hybridized carbons (Fsp3) is 0.707. The number of carboxylic acid groups (broad SMARTS) is 1. The summed E-state index contributed by atoms with van der Waals surface area (Å²) in [5.74, 6) is -0.440. The Morgan fingerprint density at radius 2 is 1.59 bits per heavy atom. The Hall–Kier alpha value is -3.03. The molecular formula is C41H56FNO6. The molecule has 4 fully saturated rings. The minimum absolute atomic E-state index is 0.0524. The van der Waals surface area contributed by atoms with Crippen molar-refractivity contribution in [2.75, 3.05) is 0 Å². The van der Waals surface area contributed by atoms with Gasteiger partial charge in [0.2, 0.25) is 0 Å². The number of fused-ring (bicyclic) bond motifs is 7. The van der Waals surface area contributed by atoms with Crippen LogP contribution in [0.5, 0.6) is 0 Å². The topological polar surface area (TPSA) is 110 Å². The first-order valence-corrected chi connectivity index (χ1v) is 18.6. The number of rotatable bonds is 7. The number of nitrogens with one attached hydrogen (secondary N) is 1. The Labute approximate surface area is 291 Å². The maximum atomic E-state index is 13.8. The molecule has 5 aliphatic carbocycles. The molecule has 268 valence electrons. The van der Waals surface area contributed by atoms with Crippen LogP contribution in [0, 0.1) is 57.1 Å². The molecule has 1 aromatic rings. The Morgan fingerprint density at radius 1 is 0.939 bits per heavy atom. The van der Waals surface area contributed by atoms with Crippen LogP contribution in [0.25, 0.3) is 0 Å². The molecule has 8 unspecified atom stereocenters. The van der Waals surface area contributed by atoms with Gasteiger partial charge in [-0.1, -0.05) is 41.5 Å². The lowest BCUT2D eigenvalue weighted by atomic mass is 9.37. The van der Waals surface area contributed by atoms with Crippen LogP contribution in [-0.4, -0.2) is 40.4 Å². The minimum atomic E-state index is -1.17. The van der Waals surface area contributed by atoms with Crippen molar-refractivity contribution in [3.8, 4) is 0 Å². The summed E-state index contributed by atoms with van der Waals surface area (Å²) in [7, 11) is 0. The molecule has 8 atom stereocenters. The fourth-order valence-corrected chi connectivity index (χ4v) is 12.1. The lowest BCUT2D eigenvalue weighted by Crippen LogP contribution is -2.64. The number of halogens is 1. The summed E-state index contributed by atoms with van der Waals surface area (Å²) in [6.07, 6.45) is 7.36. The van der Waals surface area contributed by atoms with Crippen molar-refractivity contribution >= 4 is 23.6 Å². The van der Waals surface area contributed by atoms with Crippen LogP contribution in [-0.2, 0) is 19.1 Å². The molecule has 6 rings (SSSR count).